The Labute approximate surface area is 89.3 Å². The molecular weight excluding hydrogens is 194 g/mol. The maximum Gasteiger partial charge on any atom is 0.232 e. The summed E-state index contributed by atoms with van der Waals surface area (Å²) in [6.45, 7) is 2.24. The minimum Gasteiger partial charge on any atom is -0.396 e. The van der Waals surface area contributed by atoms with Gasteiger partial charge in [0.2, 0.25) is 11.8 Å². The number of hydrogen-bond acceptors (Lipinski definition) is 3. The van der Waals surface area contributed by atoms with Gasteiger partial charge in [0, 0.05) is 25.0 Å². The minimum atomic E-state index is -0.0194. The van der Waals surface area contributed by atoms with Gasteiger partial charge in [-0.15, -0.1) is 0 Å². The molecule has 1 aliphatic carbocycles. The number of nitrogens with zero attached hydrogens (tertiary/aromatic N) is 1. The van der Waals surface area contributed by atoms with Crippen LogP contribution in [0, 0.1) is 17.8 Å². The molecule has 1 heterocycles. The van der Waals surface area contributed by atoms with Crippen molar-refractivity contribution in [1.82, 2.24) is 4.90 Å². The lowest BCUT2D eigenvalue weighted by atomic mass is 9.96. The molecule has 0 aromatic heterocycles. The van der Waals surface area contributed by atoms with Crippen LogP contribution in [0.1, 0.15) is 26.2 Å². The van der Waals surface area contributed by atoms with Crippen LogP contribution in [0.2, 0.25) is 0 Å². The normalized spacial score (nSPS) is 32.3. The molecule has 0 spiro atoms. The van der Waals surface area contributed by atoms with Crippen molar-refractivity contribution in [2.75, 3.05) is 13.2 Å². The summed E-state index contributed by atoms with van der Waals surface area (Å²) >= 11 is 0. The third kappa shape index (κ3) is 1.78. The van der Waals surface area contributed by atoms with Crippen LogP contribution in [-0.4, -0.2) is 35.0 Å². The quantitative estimate of drug-likeness (QED) is 0.687. The summed E-state index contributed by atoms with van der Waals surface area (Å²) < 4.78 is 0. The number of carbonyl (C=O) groups is 2. The van der Waals surface area contributed by atoms with Crippen LogP contribution in [0.15, 0.2) is 0 Å². The third-order valence-electron chi connectivity index (χ3n) is 3.47. The van der Waals surface area contributed by atoms with E-state index in [-0.39, 0.29) is 36.2 Å². The monoisotopic (exact) mass is 211 g/mol. The van der Waals surface area contributed by atoms with Gasteiger partial charge in [-0.05, 0) is 25.2 Å². The van der Waals surface area contributed by atoms with Crippen LogP contribution in [0.5, 0.6) is 0 Å². The number of aliphatic hydroxyl groups excluding tert-OH is 1. The highest BCUT2D eigenvalue weighted by Gasteiger charge is 2.45. The molecule has 15 heavy (non-hydrogen) atoms. The standard InChI is InChI=1S/C11H17NO3/c1-7(6-13)5-12-10(14)8-2-3-9(4-8)11(12)15/h7-9,13H,2-6H2,1H3. The molecule has 0 aromatic carbocycles. The highest BCUT2D eigenvalue weighted by Crippen LogP contribution is 2.38. The van der Waals surface area contributed by atoms with E-state index in [9.17, 15) is 9.59 Å². The Kier molecular flexibility index (Phi) is 2.78. The van der Waals surface area contributed by atoms with Crippen molar-refractivity contribution in [1.29, 1.82) is 0 Å². The van der Waals surface area contributed by atoms with Crippen molar-refractivity contribution < 1.29 is 14.7 Å². The predicted molar refractivity (Wildman–Crippen MR) is 53.8 cm³/mol. The van der Waals surface area contributed by atoms with Crippen LogP contribution in [0.3, 0.4) is 0 Å². The largest absolute Gasteiger partial charge is 0.396 e. The average molecular weight is 211 g/mol. The molecule has 1 aliphatic heterocycles. The fraction of sp³-hybridized carbons (Fsp3) is 0.818. The van der Waals surface area contributed by atoms with Gasteiger partial charge >= 0.3 is 0 Å². The third-order valence-corrected chi connectivity index (χ3v) is 3.47. The zero-order chi connectivity index (χ0) is 11.0. The topological polar surface area (TPSA) is 57.6 Å². The van der Waals surface area contributed by atoms with Gasteiger partial charge in [-0.1, -0.05) is 6.92 Å². The van der Waals surface area contributed by atoms with Gasteiger partial charge in [0.05, 0.1) is 0 Å². The van der Waals surface area contributed by atoms with Gasteiger partial charge in [0.15, 0.2) is 0 Å². The number of rotatable bonds is 3. The number of hydrogen-bond donors (Lipinski definition) is 1. The lowest BCUT2D eigenvalue weighted by Crippen LogP contribution is -2.48. The molecule has 2 bridgehead atoms. The molecule has 2 rings (SSSR count). The summed E-state index contributed by atoms with van der Waals surface area (Å²) in [5, 5.41) is 8.94. The van der Waals surface area contributed by atoms with E-state index in [1.165, 1.54) is 4.90 Å². The molecule has 1 saturated heterocycles. The SMILES string of the molecule is CC(CO)CN1C(=O)C2CCC(C2)C1=O. The lowest BCUT2D eigenvalue weighted by Gasteiger charge is -2.31. The second-order valence-corrected chi connectivity index (χ2v) is 4.78. The summed E-state index contributed by atoms with van der Waals surface area (Å²) in [5.74, 6) is 0.0793. The highest BCUT2D eigenvalue weighted by molar-refractivity contribution is 6.00. The molecule has 1 saturated carbocycles. The van der Waals surface area contributed by atoms with E-state index in [1.807, 2.05) is 6.92 Å². The van der Waals surface area contributed by atoms with E-state index in [2.05, 4.69) is 0 Å². The van der Waals surface area contributed by atoms with Gasteiger partial charge in [-0.25, -0.2) is 0 Å². The van der Waals surface area contributed by atoms with Crippen LogP contribution in [0.25, 0.3) is 0 Å². The molecule has 4 nitrogen and oxygen atoms in total. The lowest BCUT2D eigenvalue weighted by molar-refractivity contribution is -0.153. The Bertz CT molecular complexity index is 268. The summed E-state index contributed by atoms with van der Waals surface area (Å²) in [6, 6.07) is 0. The summed E-state index contributed by atoms with van der Waals surface area (Å²) in [7, 11) is 0. The van der Waals surface area contributed by atoms with Crippen molar-refractivity contribution in [2.24, 2.45) is 17.8 Å². The highest BCUT2D eigenvalue weighted by atomic mass is 16.3. The van der Waals surface area contributed by atoms with Gasteiger partial charge in [-0.2, -0.15) is 0 Å². The van der Waals surface area contributed by atoms with Crippen molar-refractivity contribution in [3.8, 4) is 0 Å². The Morgan fingerprint density at radius 1 is 1.33 bits per heavy atom. The average Bonchev–Trinajstić information content (AvgIpc) is 2.68. The summed E-state index contributed by atoms with van der Waals surface area (Å²) in [5.41, 5.74) is 0. The molecule has 0 radical (unpaired) electrons. The Morgan fingerprint density at radius 2 is 1.87 bits per heavy atom. The fourth-order valence-electron chi connectivity index (χ4n) is 2.53. The molecular formula is C11H17NO3. The molecule has 0 aromatic rings. The van der Waals surface area contributed by atoms with Gasteiger partial charge in [0.25, 0.3) is 0 Å². The van der Waals surface area contributed by atoms with Crippen LogP contribution >= 0.6 is 0 Å². The second kappa shape index (κ2) is 3.93. The maximum absolute atomic E-state index is 11.9. The fourth-order valence-corrected chi connectivity index (χ4v) is 2.53. The molecule has 1 N–H and O–H groups in total. The number of carbonyl (C=O) groups excluding carboxylic acids is 2. The van der Waals surface area contributed by atoms with Crippen molar-refractivity contribution in [3.05, 3.63) is 0 Å². The number of imide groups is 1. The molecule has 2 aliphatic rings. The predicted octanol–water partition coefficient (Wildman–Crippen LogP) is 0.400. The number of amides is 2. The van der Waals surface area contributed by atoms with Crippen molar-refractivity contribution in [3.63, 3.8) is 0 Å². The number of piperidine rings is 1. The molecule has 4 heteroatoms. The zero-order valence-corrected chi connectivity index (χ0v) is 8.98. The molecule has 2 amide bonds. The number of aliphatic hydroxyl groups is 1. The Morgan fingerprint density at radius 3 is 2.33 bits per heavy atom. The second-order valence-electron chi connectivity index (χ2n) is 4.78. The van der Waals surface area contributed by atoms with E-state index in [4.69, 9.17) is 5.11 Å². The summed E-state index contributed by atoms with van der Waals surface area (Å²) in [6.07, 6.45) is 2.47. The van der Waals surface area contributed by atoms with Gasteiger partial charge < -0.3 is 5.11 Å². The van der Waals surface area contributed by atoms with Gasteiger partial charge in [0.1, 0.15) is 0 Å². The van der Waals surface area contributed by atoms with Crippen molar-refractivity contribution >= 4 is 11.8 Å². The van der Waals surface area contributed by atoms with Crippen molar-refractivity contribution in [2.45, 2.75) is 26.2 Å². The first-order chi connectivity index (χ1) is 7.13. The number of fused-ring (bicyclic) bond motifs is 2. The van der Waals surface area contributed by atoms with E-state index < -0.39 is 0 Å². The molecule has 3 unspecified atom stereocenters. The number of likely N-dealkylation sites (tertiary alicyclic amines) is 1. The van der Waals surface area contributed by atoms with Crippen LogP contribution < -0.4 is 0 Å². The Hall–Kier alpha value is -0.900. The molecule has 2 fully saturated rings. The molecule has 84 valence electrons. The Balaban J connectivity index is 2.10. The van der Waals surface area contributed by atoms with Gasteiger partial charge in [-0.3, -0.25) is 14.5 Å². The first-order valence-electron chi connectivity index (χ1n) is 5.59. The van der Waals surface area contributed by atoms with E-state index in [1.54, 1.807) is 0 Å². The smallest absolute Gasteiger partial charge is 0.232 e. The summed E-state index contributed by atoms with van der Waals surface area (Å²) in [4.78, 5) is 25.1. The molecule has 3 atom stereocenters. The minimum absolute atomic E-state index is 0.0181. The first kappa shape index (κ1) is 10.6. The van der Waals surface area contributed by atoms with Crippen LogP contribution in [-0.2, 0) is 9.59 Å². The first-order valence-corrected chi connectivity index (χ1v) is 5.59. The zero-order valence-electron chi connectivity index (χ0n) is 8.98. The van der Waals surface area contributed by atoms with Crippen LogP contribution in [0.4, 0.5) is 0 Å². The van der Waals surface area contributed by atoms with E-state index in [0.29, 0.717) is 6.54 Å². The van der Waals surface area contributed by atoms with E-state index in [0.717, 1.165) is 19.3 Å². The maximum atomic E-state index is 11.9. The van der Waals surface area contributed by atoms with E-state index >= 15 is 0 Å².